The smallest absolute Gasteiger partial charge is 0.198 e. The fraction of sp³-hybridized carbons (Fsp3) is 0.391. The quantitative estimate of drug-likeness (QED) is 0.179. The minimum Gasteiger partial charge on any atom is -0.456 e. The third-order valence-corrected chi connectivity index (χ3v) is 20.4. The molecule has 4 aliphatic carbocycles. The molecule has 1 N–H and O–H groups in total. The first kappa shape index (κ1) is 45.6. The number of fused-ring (bicyclic) bond motifs is 11. The topological polar surface area (TPSA) is 28.4 Å². The molecule has 0 atom stereocenters. The van der Waals surface area contributed by atoms with Crippen molar-refractivity contribution in [1.82, 2.24) is 0 Å². The van der Waals surface area contributed by atoms with Crippen molar-refractivity contribution in [3.8, 4) is 33.4 Å². The van der Waals surface area contributed by atoms with Crippen LogP contribution in [-0.4, -0.2) is 7.28 Å². The molecule has 14 rings (SSSR count). The molecule has 6 aliphatic rings. The van der Waals surface area contributed by atoms with E-state index >= 15 is 0 Å². The van der Waals surface area contributed by atoms with Gasteiger partial charge in [-0.15, -0.1) is 0 Å². The highest BCUT2D eigenvalue weighted by Crippen LogP contribution is 2.63. The molecule has 0 saturated carbocycles. The second-order valence-corrected chi connectivity index (χ2v) is 28.1. The van der Waals surface area contributed by atoms with Crippen LogP contribution in [0, 0.1) is 0 Å². The summed E-state index contributed by atoms with van der Waals surface area (Å²) >= 11 is 0. The number of anilines is 5. The summed E-state index contributed by atoms with van der Waals surface area (Å²) < 4.78 is 7.21. The van der Waals surface area contributed by atoms with Crippen LogP contribution >= 0.6 is 0 Å². The van der Waals surface area contributed by atoms with E-state index in [4.69, 9.17) is 4.42 Å². The number of nitrogens with zero attached hydrogens (tertiary/aromatic N) is 1. The van der Waals surface area contributed by atoms with E-state index in [0.29, 0.717) is 0 Å². The third kappa shape index (κ3) is 6.13. The van der Waals surface area contributed by atoms with E-state index in [-0.39, 0.29) is 37.9 Å². The molecule has 0 amide bonds. The minimum absolute atomic E-state index is 0.00117. The third-order valence-electron chi connectivity index (χ3n) is 20.4. The van der Waals surface area contributed by atoms with Gasteiger partial charge in [-0.25, -0.2) is 0 Å². The van der Waals surface area contributed by atoms with Crippen LogP contribution in [0.5, 0.6) is 0 Å². The molecule has 0 saturated heterocycles. The summed E-state index contributed by atoms with van der Waals surface area (Å²) in [5.41, 5.74) is 30.8. The Labute approximate surface area is 435 Å². The van der Waals surface area contributed by atoms with E-state index in [0.717, 1.165) is 43.4 Å². The van der Waals surface area contributed by atoms with Gasteiger partial charge in [0.1, 0.15) is 11.2 Å². The zero-order chi connectivity index (χ0) is 50.9. The molecule has 4 heteroatoms. The Hall–Kier alpha value is -6.00. The molecule has 368 valence electrons. The highest BCUT2D eigenvalue weighted by molar-refractivity contribution is 6.74. The first-order valence-corrected chi connectivity index (χ1v) is 27.8. The van der Waals surface area contributed by atoms with Crippen LogP contribution in [0.3, 0.4) is 0 Å². The Kier molecular flexibility index (Phi) is 8.89. The lowest BCUT2D eigenvalue weighted by Crippen LogP contribution is -2.42. The van der Waals surface area contributed by atoms with E-state index in [1.165, 1.54) is 142 Å². The number of furan rings is 1. The summed E-state index contributed by atoms with van der Waals surface area (Å²) in [6, 6.07) is 41.2. The van der Waals surface area contributed by atoms with E-state index < -0.39 is 0 Å². The molecule has 0 fully saturated rings. The van der Waals surface area contributed by atoms with Crippen molar-refractivity contribution in [3.05, 3.63) is 148 Å². The van der Waals surface area contributed by atoms with Crippen molar-refractivity contribution in [3.63, 3.8) is 0 Å². The van der Waals surface area contributed by atoms with Gasteiger partial charge in [-0.2, -0.15) is 0 Å². The van der Waals surface area contributed by atoms with Crippen molar-refractivity contribution < 1.29 is 4.42 Å². The maximum atomic E-state index is 7.21. The van der Waals surface area contributed by atoms with E-state index in [2.05, 4.69) is 210 Å². The number of benzene rings is 7. The first-order chi connectivity index (χ1) is 34.4. The molecular formula is C69H73BN2O. The van der Waals surface area contributed by atoms with Gasteiger partial charge in [0.15, 0.2) is 7.28 Å². The number of hydrogen-bond acceptors (Lipinski definition) is 3. The van der Waals surface area contributed by atoms with Gasteiger partial charge in [0, 0.05) is 61.7 Å². The first-order valence-electron chi connectivity index (χ1n) is 27.8. The van der Waals surface area contributed by atoms with Crippen LogP contribution in [0.1, 0.15) is 180 Å². The molecule has 3 nitrogen and oxygen atoms in total. The highest BCUT2D eigenvalue weighted by atomic mass is 16.3. The largest absolute Gasteiger partial charge is 0.456 e. The summed E-state index contributed by atoms with van der Waals surface area (Å²) in [6.45, 7) is 34.5. The molecule has 0 bridgehead atoms. The van der Waals surface area contributed by atoms with Gasteiger partial charge in [0.2, 0.25) is 0 Å². The lowest BCUT2D eigenvalue weighted by atomic mass is 9.56. The van der Waals surface area contributed by atoms with Crippen LogP contribution in [0.15, 0.2) is 108 Å². The number of nitrogens with one attached hydrogen (secondary N) is 1. The molecule has 8 aromatic rings. The molecule has 7 aromatic carbocycles. The summed E-state index contributed by atoms with van der Waals surface area (Å²) in [5.74, 6) is 0. The lowest BCUT2D eigenvalue weighted by molar-refractivity contribution is 0.332. The Morgan fingerprint density at radius 2 is 1.00 bits per heavy atom. The average molecular weight is 957 g/mol. The summed E-state index contributed by atoms with van der Waals surface area (Å²) in [7, 11) is 0.809. The Morgan fingerprint density at radius 1 is 0.438 bits per heavy atom. The fourth-order valence-electron chi connectivity index (χ4n) is 15.4. The van der Waals surface area contributed by atoms with E-state index in [9.17, 15) is 0 Å². The van der Waals surface area contributed by atoms with E-state index in [1.807, 2.05) is 0 Å². The van der Waals surface area contributed by atoms with Crippen LogP contribution < -0.4 is 21.1 Å². The van der Waals surface area contributed by atoms with Gasteiger partial charge in [-0.3, -0.25) is 0 Å². The number of para-hydroxylation sites is 1. The van der Waals surface area contributed by atoms with Crippen LogP contribution in [0.4, 0.5) is 28.4 Å². The van der Waals surface area contributed by atoms with Crippen molar-refractivity contribution in [2.45, 2.75) is 173 Å². The molecule has 3 heterocycles. The molecule has 0 unspecified atom stereocenters. The molecule has 1 aromatic heterocycles. The molecule has 73 heavy (non-hydrogen) atoms. The van der Waals surface area contributed by atoms with Gasteiger partial charge in [0.05, 0.1) is 5.69 Å². The highest BCUT2D eigenvalue weighted by Gasteiger charge is 2.47. The summed E-state index contributed by atoms with van der Waals surface area (Å²) in [4.78, 5) is 2.74. The summed E-state index contributed by atoms with van der Waals surface area (Å²) in [6.07, 6.45) is 7.01. The molecule has 2 aliphatic heterocycles. The predicted octanol–water partition coefficient (Wildman–Crippen LogP) is 17.5. The molecule has 0 spiro atoms. The van der Waals surface area contributed by atoms with Crippen molar-refractivity contribution in [1.29, 1.82) is 0 Å². The van der Waals surface area contributed by atoms with E-state index in [1.54, 1.807) is 0 Å². The maximum absolute atomic E-state index is 7.21. The lowest BCUT2D eigenvalue weighted by Gasteiger charge is -2.44. The number of hydrogen-bond donors (Lipinski definition) is 1. The summed E-state index contributed by atoms with van der Waals surface area (Å²) in [5, 5.41) is 6.62. The van der Waals surface area contributed by atoms with Gasteiger partial charge >= 0.3 is 0 Å². The van der Waals surface area contributed by atoms with Crippen LogP contribution in [0.2, 0.25) is 0 Å². The predicted molar refractivity (Wildman–Crippen MR) is 312 cm³/mol. The minimum atomic E-state index is -0.144. The van der Waals surface area contributed by atoms with Crippen LogP contribution in [-0.2, 0) is 37.9 Å². The normalized spacial score (nSPS) is 20.7. The Morgan fingerprint density at radius 3 is 1.67 bits per heavy atom. The van der Waals surface area contributed by atoms with Crippen molar-refractivity contribution in [2.75, 3.05) is 10.2 Å². The number of rotatable bonds is 3. The second-order valence-electron chi connectivity index (χ2n) is 28.1. The Bertz CT molecular complexity index is 3790. The standard InChI is InChI=1S/C69H73BN2O/c1-63(2)26-27-64(3,4)46-32-38(22-23-43(46)63)71-52-35-49-48(66(7,8)28-30-67(49,9)10)34-42(52)59-58-40-18-15-16-21-55(40)73-56(58)37-54-61(59)70-51-25-24-45-60-57-39(19-17-20-44(57)69(45,13)14)41-33-47-50(36-53(41)72(54)62(51)60)68(11,12)31-29-65(47,5)6/h15-25,32-37,70-71H,26-31H2,1-14H3. The monoisotopic (exact) mass is 957 g/mol. The van der Waals surface area contributed by atoms with Gasteiger partial charge in [-0.05, 0) is 180 Å². The SMILES string of the molecule is CC1(C)CCC(C)(C)c2cc(Nc3cc4c(cc3-c3c5c(cc6oc7ccccc7c36)N3c6cc7c(cc6-c6cccc8c6-c6c(ccc(c63)B5)C8(C)C)C(C)(C)CCC7(C)C)C(C)(C)CCC4(C)C)ccc21. The molecule has 0 radical (unpaired) electrons. The van der Waals surface area contributed by atoms with Crippen molar-refractivity contribution in [2.24, 2.45) is 0 Å². The fourth-order valence-corrected chi connectivity index (χ4v) is 15.4. The van der Waals surface area contributed by atoms with Gasteiger partial charge in [0.25, 0.3) is 0 Å². The second kappa shape index (κ2) is 14.2. The van der Waals surface area contributed by atoms with Gasteiger partial charge in [-0.1, -0.05) is 157 Å². The van der Waals surface area contributed by atoms with Crippen molar-refractivity contribution >= 4 is 68.6 Å². The zero-order valence-corrected chi connectivity index (χ0v) is 46.1. The average Bonchev–Trinajstić information content (AvgIpc) is 3.79. The maximum Gasteiger partial charge on any atom is 0.198 e. The zero-order valence-electron chi connectivity index (χ0n) is 46.1. The van der Waals surface area contributed by atoms with Gasteiger partial charge < -0.3 is 14.6 Å². The molecular weight excluding hydrogens is 884 g/mol. The van der Waals surface area contributed by atoms with Crippen LogP contribution in [0.25, 0.3) is 55.3 Å². The Balaban J connectivity index is 1.11.